The molecule has 0 radical (unpaired) electrons. The predicted molar refractivity (Wildman–Crippen MR) is 88.3 cm³/mol. The number of nitrogens with one attached hydrogen (secondary N) is 1. The first-order valence-electron chi connectivity index (χ1n) is 7.20. The van der Waals surface area contributed by atoms with Gasteiger partial charge in [-0.3, -0.25) is 0 Å². The number of para-hydroxylation sites is 1. The zero-order valence-corrected chi connectivity index (χ0v) is 13.0. The highest BCUT2D eigenvalue weighted by molar-refractivity contribution is 5.95. The summed E-state index contributed by atoms with van der Waals surface area (Å²) >= 11 is 0. The van der Waals surface area contributed by atoms with Gasteiger partial charge in [0, 0.05) is 19.3 Å². The van der Waals surface area contributed by atoms with Gasteiger partial charge in [0.15, 0.2) is 5.82 Å². The fourth-order valence-electron chi connectivity index (χ4n) is 2.31. The Morgan fingerprint density at radius 3 is 2.73 bits per heavy atom. The number of nitrogens with zero attached hydrogens (tertiary/aromatic N) is 4. The van der Waals surface area contributed by atoms with Gasteiger partial charge < -0.3 is 15.3 Å². The third-order valence-corrected chi connectivity index (χ3v) is 3.51. The van der Waals surface area contributed by atoms with Gasteiger partial charge >= 0.3 is 0 Å². The molecule has 6 heteroatoms. The Bertz CT molecular complexity index is 831. The molecule has 2 heterocycles. The highest BCUT2D eigenvalue weighted by Crippen LogP contribution is 2.27. The molecule has 0 amide bonds. The number of aromatic hydroxyl groups is 1. The highest BCUT2D eigenvalue weighted by Gasteiger charge is 2.11. The molecule has 0 saturated heterocycles. The molecule has 2 N–H and O–H groups in total. The largest absolute Gasteiger partial charge is 0.506 e. The monoisotopic (exact) mass is 297 g/mol. The average Bonchev–Trinajstić information content (AvgIpc) is 2.49. The number of phenols is 1. The molecule has 114 valence electrons. The van der Waals surface area contributed by atoms with Gasteiger partial charge in [-0.25, -0.2) is 15.0 Å². The molecule has 6 nitrogen and oxygen atoms in total. The van der Waals surface area contributed by atoms with E-state index < -0.39 is 0 Å². The first-order valence-corrected chi connectivity index (χ1v) is 7.20. The van der Waals surface area contributed by atoms with Gasteiger partial charge in [0.25, 0.3) is 0 Å². The van der Waals surface area contributed by atoms with E-state index in [0.29, 0.717) is 22.4 Å². The Morgan fingerprint density at radius 1 is 1.14 bits per heavy atom. The van der Waals surface area contributed by atoms with E-state index in [1.165, 1.54) is 0 Å². The minimum absolute atomic E-state index is 0.132. The molecule has 0 fully saturated rings. The smallest absolute Gasteiger partial charge is 0.154 e. The van der Waals surface area contributed by atoms with Crippen LogP contribution in [0.5, 0.6) is 5.75 Å². The molecule has 0 aliphatic rings. The van der Waals surface area contributed by atoms with Crippen LogP contribution < -0.4 is 5.32 Å². The van der Waals surface area contributed by atoms with Gasteiger partial charge in [-0.15, -0.1) is 0 Å². The first kappa shape index (κ1) is 14.5. The molecular formula is C16H19N5O. The van der Waals surface area contributed by atoms with Crippen molar-refractivity contribution >= 4 is 27.9 Å². The summed E-state index contributed by atoms with van der Waals surface area (Å²) in [5.74, 6) is 0.827. The number of benzene rings is 1. The number of likely N-dealkylation sites (N-methyl/N-ethyl adjacent to an activating group) is 1. The number of fused-ring (bicyclic) bond motifs is 2. The highest BCUT2D eigenvalue weighted by atomic mass is 16.3. The molecule has 0 aliphatic carbocycles. The number of aromatic nitrogens is 3. The summed E-state index contributed by atoms with van der Waals surface area (Å²) in [6.45, 7) is 3.62. The normalized spacial score (nSPS) is 11.5. The summed E-state index contributed by atoms with van der Waals surface area (Å²) in [6, 6.07) is 5.23. The summed E-state index contributed by atoms with van der Waals surface area (Å²) in [7, 11) is 4.04. The van der Waals surface area contributed by atoms with Crippen LogP contribution in [0.25, 0.3) is 22.1 Å². The minimum Gasteiger partial charge on any atom is -0.506 e. The number of anilines is 1. The van der Waals surface area contributed by atoms with Crippen molar-refractivity contribution in [2.75, 3.05) is 32.5 Å². The van der Waals surface area contributed by atoms with Crippen LogP contribution in [0.3, 0.4) is 0 Å². The molecule has 0 bridgehead atoms. The second-order valence-corrected chi connectivity index (χ2v) is 5.59. The number of phenolic OH excluding ortho intramolecular Hbond substituents is 1. The van der Waals surface area contributed by atoms with Crippen LogP contribution in [-0.4, -0.2) is 52.1 Å². The van der Waals surface area contributed by atoms with Gasteiger partial charge in [0.1, 0.15) is 16.8 Å². The maximum Gasteiger partial charge on any atom is 0.154 e. The zero-order chi connectivity index (χ0) is 15.7. The van der Waals surface area contributed by atoms with Gasteiger partial charge in [0.05, 0.1) is 11.0 Å². The number of rotatable bonds is 4. The van der Waals surface area contributed by atoms with Crippen molar-refractivity contribution < 1.29 is 5.11 Å². The third-order valence-electron chi connectivity index (χ3n) is 3.51. The van der Waals surface area contributed by atoms with Crippen LogP contribution in [0.1, 0.15) is 5.56 Å². The summed E-state index contributed by atoms with van der Waals surface area (Å²) in [4.78, 5) is 15.7. The molecule has 3 rings (SSSR count). The van der Waals surface area contributed by atoms with Crippen molar-refractivity contribution in [3.05, 3.63) is 30.0 Å². The summed E-state index contributed by atoms with van der Waals surface area (Å²) in [5.41, 5.74) is 3.64. The second kappa shape index (κ2) is 5.73. The van der Waals surface area contributed by atoms with E-state index in [0.717, 1.165) is 24.2 Å². The quantitative estimate of drug-likeness (QED) is 0.719. The predicted octanol–water partition coefficient (Wildman–Crippen LogP) is 2.17. The molecule has 0 saturated carbocycles. The lowest BCUT2D eigenvalue weighted by Crippen LogP contribution is -2.21. The summed E-state index contributed by atoms with van der Waals surface area (Å²) in [6.07, 6.45) is 1.80. The SMILES string of the molecule is Cc1cnc(NCCN(C)C)c2nc3c(O)cccc3nc12. The molecule has 0 unspecified atom stereocenters. The van der Waals surface area contributed by atoms with Crippen LogP contribution in [0, 0.1) is 6.92 Å². The lowest BCUT2D eigenvalue weighted by atomic mass is 10.2. The van der Waals surface area contributed by atoms with Crippen molar-refractivity contribution in [3.8, 4) is 5.75 Å². The zero-order valence-electron chi connectivity index (χ0n) is 13.0. The van der Waals surface area contributed by atoms with Crippen molar-refractivity contribution in [1.29, 1.82) is 0 Å². The number of hydrogen-bond acceptors (Lipinski definition) is 6. The lowest BCUT2D eigenvalue weighted by Gasteiger charge is -2.13. The Hall–Kier alpha value is -2.47. The van der Waals surface area contributed by atoms with Crippen LogP contribution in [-0.2, 0) is 0 Å². The molecule has 1 aromatic carbocycles. The van der Waals surface area contributed by atoms with E-state index in [1.54, 1.807) is 18.3 Å². The topological polar surface area (TPSA) is 74.2 Å². The Balaban J connectivity index is 2.13. The summed E-state index contributed by atoms with van der Waals surface area (Å²) in [5, 5.41) is 13.3. The Kier molecular flexibility index (Phi) is 3.77. The standard InChI is InChI=1S/C16H19N5O/c1-10-9-18-16(17-7-8-21(2)3)15-13(10)19-11-5-4-6-12(22)14(11)20-15/h4-6,9,22H,7-8H2,1-3H3,(H,17,18). The minimum atomic E-state index is 0.132. The molecule has 3 aromatic rings. The van der Waals surface area contributed by atoms with Crippen LogP contribution in [0.2, 0.25) is 0 Å². The molecule has 22 heavy (non-hydrogen) atoms. The number of pyridine rings is 1. The molecular weight excluding hydrogens is 278 g/mol. The van der Waals surface area contributed by atoms with Crippen molar-refractivity contribution in [2.45, 2.75) is 6.92 Å². The molecule has 0 spiro atoms. The lowest BCUT2D eigenvalue weighted by molar-refractivity contribution is 0.425. The van der Waals surface area contributed by atoms with Gasteiger partial charge in [-0.2, -0.15) is 0 Å². The fourth-order valence-corrected chi connectivity index (χ4v) is 2.31. The Morgan fingerprint density at radius 2 is 1.95 bits per heavy atom. The average molecular weight is 297 g/mol. The van der Waals surface area contributed by atoms with Crippen LogP contribution in [0.4, 0.5) is 5.82 Å². The van der Waals surface area contributed by atoms with E-state index >= 15 is 0 Å². The number of hydrogen-bond donors (Lipinski definition) is 2. The van der Waals surface area contributed by atoms with E-state index in [4.69, 9.17) is 0 Å². The van der Waals surface area contributed by atoms with Gasteiger partial charge in [0.2, 0.25) is 0 Å². The van der Waals surface area contributed by atoms with Gasteiger partial charge in [-0.05, 0) is 38.7 Å². The van der Waals surface area contributed by atoms with Crippen LogP contribution in [0.15, 0.2) is 24.4 Å². The molecule has 2 aromatic heterocycles. The maximum atomic E-state index is 9.99. The molecule has 0 atom stereocenters. The number of aryl methyl sites for hydroxylation is 1. The maximum absolute atomic E-state index is 9.99. The van der Waals surface area contributed by atoms with E-state index in [2.05, 4.69) is 25.2 Å². The van der Waals surface area contributed by atoms with Crippen LogP contribution >= 0.6 is 0 Å². The van der Waals surface area contributed by atoms with Crippen molar-refractivity contribution in [2.24, 2.45) is 0 Å². The van der Waals surface area contributed by atoms with Gasteiger partial charge in [-0.1, -0.05) is 6.07 Å². The Labute approximate surface area is 128 Å². The summed E-state index contributed by atoms with van der Waals surface area (Å²) < 4.78 is 0. The fraction of sp³-hybridized carbons (Fsp3) is 0.312. The van der Waals surface area contributed by atoms with Crippen molar-refractivity contribution in [3.63, 3.8) is 0 Å². The van der Waals surface area contributed by atoms with E-state index in [-0.39, 0.29) is 5.75 Å². The van der Waals surface area contributed by atoms with E-state index in [9.17, 15) is 5.11 Å². The van der Waals surface area contributed by atoms with Crippen molar-refractivity contribution in [1.82, 2.24) is 19.9 Å². The molecule has 0 aliphatic heterocycles. The second-order valence-electron chi connectivity index (χ2n) is 5.59. The van der Waals surface area contributed by atoms with E-state index in [1.807, 2.05) is 27.1 Å². The first-order chi connectivity index (χ1) is 10.6. The third kappa shape index (κ3) is 2.65.